The van der Waals surface area contributed by atoms with E-state index in [2.05, 4.69) is 4.98 Å². The number of nitrogens with zero attached hydrogens (tertiary/aromatic N) is 3. The van der Waals surface area contributed by atoms with Gasteiger partial charge in [-0.2, -0.15) is 5.26 Å². The van der Waals surface area contributed by atoms with Crippen LogP contribution in [-0.2, 0) is 4.74 Å². The first-order chi connectivity index (χ1) is 8.24. The van der Waals surface area contributed by atoms with Crippen molar-refractivity contribution in [1.82, 2.24) is 9.88 Å². The molecule has 1 aromatic rings. The van der Waals surface area contributed by atoms with E-state index in [0.29, 0.717) is 24.3 Å². The summed E-state index contributed by atoms with van der Waals surface area (Å²) in [5.74, 6) is -0.103. The highest BCUT2D eigenvalue weighted by Gasteiger charge is 2.27. The quantitative estimate of drug-likeness (QED) is 0.755. The summed E-state index contributed by atoms with van der Waals surface area (Å²) in [5.41, 5.74) is 0.832. The molecule has 5 nitrogen and oxygen atoms in total. The van der Waals surface area contributed by atoms with Crippen LogP contribution in [0, 0.1) is 11.3 Å². The highest BCUT2D eigenvalue weighted by Crippen LogP contribution is 2.14. The van der Waals surface area contributed by atoms with E-state index in [-0.39, 0.29) is 12.0 Å². The minimum Gasteiger partial charge on any atom is -0.380 e. The number of amides is 1. The Labute approximate surface area is 99.6 Å². The van der Waals surface area contributed by atoms with Crippen LogP contribution in [0.4, 0.5) is 0 Å². The summed E-state index contributed by atoms with van der Waals surface area (Å²) in [5, 5.41) is 8.64. The molecule has 2 rings (SSSR count). The molecule has 17 heavy (non-hydrogen) atoms. The van der Waals surface area contributed by atoms with E-state index in [1.165, 1.54) is 6.20 Å². The van der Waals surface area contributed by atoms with Crippen molar-refractivity contribution >= 4 is 5.91 Å². The zero-order valence-corrected chi connectivity index (χ0v) is 9.59. The average molecular weight is 231 g/mol. The van der Waals surface area contributed by atoms with Gasteiger partial charge in [0.25, 0.3) is 5.91 Å². The van der Waals surface area contributed by atoms with Crippen LogP contribution < -0.4 is 0 Å². The normalized spacial score (nSPS) is 19.1. The predicted molar refractivity (Wildman–Crippen MR) is 60.3 cm³/mol. The van der Waals surface area contributed by atoms with Gasteiger partial charge in [0.15, 0.2) is 0 Å². The van der Waals surface area contributed by atoms with Gasteiger partial charge < -0.3 is 9.64 Å². The molecule has 5 heteroatoms. The van der Waals surface area contributed by atoms with E-state index in [0.717, 1.165) is 6.42 Å². The molecule has 0 radical (unpaired) electrons. The Balaban J connectivity index is 2.07. The van der Waals surface area contributed by atoms with Crippen molar-refractivity contribution in [3.05, 3.63) is 29.6 Å². The Bertz CT molecular complexity index is 450. The van der Waals surface area contributed by atoms with Crippen LogP contribution in [0.1, 0.15) is 22.5 Å². The van der Waals surface area contributed by atoms with Gasteiger partial charge in [-0.3, -0.25) is 4.79 Å². The summed E-state index contributed by atoms with van der Waals surface area (Å²) in [6.07, 6.45) is 2.40. The van der Waals surface area contributed by atoms with Crippen molar-refractivity contribution < 1.29 is 9.53 Å². The number of rotatable bonds is 2. The first-order valence-corrected chi connectivity index (χ1v) is 5.43. The lowest BCUT2D eigenvalue weighted by atomic mass is 10.2. The maximum Gasteiger partial charge on any atom is 0.272 e. The largest absolute Gasteiger partial charge is 0.380 e. The summed E-state index contributed by atoms with van der Waals surface area (Å²) in [7, 11) is 1.65. The molecular formula is C12H13N3O2. The third-order valence-electron chi connectivity index (χ3n) is 2.88. The average Bonchev–Trinajstić information content (AvgIpc) is 2.87. The van der Waals surface area contributed by atoms with Crippen molar-refractivity contribution in [2.45, 2.75) is 12.5 Å². The van der Waals surface area contributed by atoms with Gasteiger partial charge in [0.2, 0.25) is 0 Å². The number of hydrogen-bond donors (Lipinski definition) is 0. The Morgan fingerprint density at radius 3 is 3.00 bits per heavy atom. The minimum absolute atomic E-state index is 0.103. The van der Waals surface area contributed by atoms with E-state index < -0.39 is 0 Å². The number of nitriles is 1. The van der Waals surface area contributed by atoms with Gasteiger partial charge in [0.1, 0.15) is 11.8 Å². The fourth-order valence-corrected chi connectivity index (χ4v) is 1.85. The molecule has 1 amide bonds. The van der Waals surface area contributed by atoms with Gasteiger partial charge in [-0.1, -0.05) is 0 Å². The SMILES string of the molecule is COC1CCN(C(=O)c2ccc(C#N)cn2)C1. The second-order valence-electron chi connectivity index (χ2n) is 3.94. The fraction of sp³-hybridized carbons (Fsp3) is 0.417. The fourth-order valence-electron chi connectivity index (χ4n) is 1.85. The molecule has 1 fully saturated rings. The summed E-state index contributed by atoms with van der Waals surface area (Å²) in [6.45, 7) is 1.30. The third kappa shape index (κ3) is 2.43. The molecule has 1 atom stereocenters. The Hall–Kier alpha value is -1.93. The van der Waals surface area contributed by atoms with Crippen LogP contribution in [0.5, 0.6) is 0 Å². The first kappa shape index (κ1) is 11.6. The molecular weight excluding hydrogens is 218 g/mol. The number of ether oxygens (including phenoxy) is 1. The Morgan fingerprint density at radius 1 is 1.65 bits per heavy atom. The third-order valence-corrected chi connectivity index (χ3v) is 2.88. The van der Waals surface area contributed by atoms with Crippen molar-refractivity contribution in [3.8, 4) is 6.07 Å². The number of hydrogen-bond acceptors (Lipinski definition) is 4. The van der Waals surface area contributed by atoms with Crippen LogP contribution in [0.2, 0.25) is 0 Å². The van der Waals surface area contributed by atoms with Gasteiger partial charge in [0.05, 0.1) is 11.7 Å². The number of likely N-dealkylation sites (tertiary alicyclic amines) is 1. The lowest BCUT2D eigenvalue weighted by Gasteiger charge is -2.15. The van der Waals surface area contributed by atoms with Crippen molar-refractivity contribution in [1.29, 1.82) is 5.26 Å². The number of methoxy groups -OCH3 is 1. The highest BCUT2D eigenvalue weighted by atomic mass is 16.5. The molecule has 0 aliphatic carbocycles. The minimum atomic E-state index is -0.103. The molecule has 0 saturated carbocycles. The second kappa shape index (κ2) is 4.93. The van der Waals surface area contributed by atoms with Crippen molar-refractivity contribution in [2.75, 3.05) is 20.2 Å². The standard InChI is InChI=1S/C12H13N3O2/c1-17-10-4-5-15(8-10)12(16)11-3-2-9(6-13)7-14-11/h2-3,7,10H,4-5,8H2,1H3. The van der Waals surface area contributed by atoms with Crippen molar-refractivity contribution in [3.63, 3.8) is 0 Å². The van der Waals surface area contributed by atoms with Gasteiger partial charge in [-0.25, -0.2) is 4.98 Å². The zero-order valence-electron chi connectivity index (χ0n) is 9.59. The van der Waals surface area contributed by atoms with Crippen LogP contribution >= 0.6 is 0 Å². The van der Waals surface area contributed by atoms with E-state index in [9.17, 15) is 4.79 Å². The topological polar surface area (TPSA) is 66.2 Å². The Kier molecular flexibility index (Phi) is 3.35. The molecule has 1 aliphatic heterocycles. The van der Waals surface area contributed by atoms with Gasteiger partial charge in [-0.15, -0.1) is 0 Å². The van der Waals surface area contributed by atoms with E-state index >= 15 is 0 Å². The summed E-state index contributed by atoms with van der Waals surface area (Å²) < 4.78 is 5.21. The van der Waals surface area contributed by atoms with Crippen molar-refractivity contribution in [2.24, 2.45) is 0 Å². The van der Waals surface area contributed by atoms with E-state index in [1.807, 2.05) is 6.07 Å². The van der Waals surface area contributed by atoms with E-state index in [1.54, 1.807) is 24.1 Å². The molecule has 0 aromatic carbocycles. The molecule has 1 aliphatic rings. The zero-order chi connectivity index (χ0) is 12.3. The number of pyridine rings is 1. The molecule has 0 N–H and O–H groups in total. The maximum atomic E-state index is 12.0. The second-order valence-corrected chi connectivity index (χ2v) is 3.94. The smallest absolute Gasteiger partial charge is 0.272 e. The lowest BCUT2D eigenvalue weighted by Crippen LogP contribution is -2.30. The number of carbonyl (C=O) groups excluding carboxylic acids is 1. The monoisotopic (exact) mass is 231 g/mol. The van der Waals surface area contributed by atoms with Crippen LogP contribution in [0.25, 0.3) is 0 Å². The molecule has 1 unspecified atom stereocenters. The van der Waals surface area contributed by atoms with Crippen LogP contribution in [0.15, 0.2) is 18.3 Å². The molecule has 2 heterocycles. The Morgan fingerprint density at radius 2 is 2.47 bits per heavy atom. The summed E-state index contributed by atoms with van der Waals surface area (Å²) >= 11 is 0. The predicted octanol–water partition coefficient (Wildman–Crippen LogP) is 0.814. The van der Waals surface area contributed by atoms with Gasteiger partial charge in [0, 0.05) is 26.4 Å². The number of carbonyl (C=O) groups is 1. The molecule has 0 spiro atoms. The van der Waals surface area contributed by atoms with Gasteiger partial charge in [-0.05, 0) is 18.6 Å². The van der Waals surface area contributed by atoms with Gasteiger partial charge >= 0.3 is 0 Å². The molecule has 0 bridgehead atoms. The molecule has 1 saturated heterocycles. The first-order valence-electron chi connectivity index (χ1n) is 5.43. The maximum absolute atomic E-state index is 12.0. The summed E-state index contributed by atoms with van der Waals surface area (Å²) in [6, 6.07) is 5.16. The summed E-state index contributed by atoms with van der Waals surface area (Å²) in [4.78, 5) is 17.7. The van der Waals surface area contributed by atoms with Crippen LogP contribution in [0.3, 0.4) is 0 Å². The molecule has 1 aromatic heterocycles. The van der Waals surface area contributed by atoms with Crippen LogP contribution in [-0.4, -0.2) is 42.1 Å². The lowest BCUT2D eigenvalue weighted by molar-refractivity contribution is 0.0719. The highest BCUT2D eigenvalue weighted by molar-refractivity contribution is 5.92. The van der Waals surface area contributed by atoms with E-state index in [4.69, 9.17) is 10.00 Å². The number of aromatic nitrogens is 1. The molecule has 88 valence electrons.